The van der Waals surface area contributed by atoms with Gasteiger partial charge < -0.3 is 8.83 Å². The van der Waals surface area contributed by atoms with Crippen molar-refractivity contribution >= 4 is 54.6 Å². The normalized spacial score (nSPS) is 11.7. The minimum absolute atomic E-state index is 0.603. The molecule has 12 rings (SSSR count). The Labute approximate surface area is 345 Å². The van der Waals surface area contributed by atoms with Crippen molar-refractivity contribution in [2.24, 2.45) is 0 Å². The summed E-state index contributed by atoms with van der Waals surface area (Å²) in [5.41, 5.74) is 14.1. The van der Waals surface area contributed by atoms with Gasteiger partial charge in [0.2, 0.25) is 0 Å². The van der Waals surface area contributed by atoms with Gasteiger partial charge in [0, 0.05) is 38.2 Å². The van der Waals surface area contributed by atoms with Gasteiger partial charge in [0.05, 0.1) is 11.4 Å². The van der Waals surface area contributed by atoms with E-state index in [1.807, 2.05) is 24.3 Å². The van der Waals surface area contributed by atoms with Gasteiger partial charge in [-0.2, -0.15) is 0 Å². The minimum Gasteiger partial charge on any atom is -0.455 e. The van der Waals surface area contributed by atoms with Crippen LogP contribution in [0.25, 0.3) is 122 Å². The monoisotopic (exact) mass is 766 g/mol. The molecule has 0 N–H and O–H groups in total. The first-order valence-electron chi connectivity index (χ1n) is 20.2. The van der Waals surface area contributed by atoms with Crippen LogP contribution in [0.2, 0.25) is 0 Å². The van der Waals surface area contributed by atoms with E-state index < -0.39 is 0 Å². The maximum absolute atomic E-state index is 6.62. The summed E-state index contributed by atoms with van der Waals surface area (Å²) in [5, 5.41) is 6.63. The lowest BCUT2D eigenvalue weighted by molar-refractivity contribution is 0.669. The highest BCUT2D eigenvalue weighted by molar-refractivity contribution is 6.11. The Morgan fingerprint density at radius 1 is 0.283 bits per heavy atom. The third kappa shape index (κ3) is 5.53. The average Bonchev–Trinajstić information content (AvgIpc) is 3.90. The van der Waals surface area contributed by atoms with Crippen LogP contribution in [0.15, 0.2) is 215 Å². The van der Waals surface area contributed by atoms with Crippen molar-refractivity contribution < 1.29 is 8.83 Å². The summed E-state index contributed by atoms with van der Waals surface area (Å²) >= 11 is 0. The molecule has 3 heterocycles. The number of furan rings is 2. The molecule has 0 fully saturated rings. The van der Waals surface area contributed by atoms with Crippen LogP contribution in [0.5, 0.6) is 0 Å². The van der Waals surface area contributed by atoms with Gasteiger partial charge in [0.25, 0.3) is 0 Å². The van der Waals surface area contributed by atoms with Gasteiger partial charge in [-0.25, -0.2) is 9.97 Å². The summed E-state index contributed by atoms with van der Waals surface area (Å²) in [5.74, 6) is 0.603. The molecule has 3 aromatic heterocycles. The molecule has 0 bridgehead atoms. The molecule has 0 unspecified atom stereocenters. The molecule has 0 saturated heterocycles. The van der Waals surface area contributed by atoms with Crippen molar-refractivity contribution in [1.29, 1.82) is 0 Å². The largest absolute Gasteiger partial charge is 0.455 e. The van der Waals surface area contributed by atoms with Crippen LogP contribution in [0.1, 0.15) is 0 Å². The van der Waals surface area contributed by atoms with Gasteiger partial charge in [-0.3, -0.25) is 0 Å². The van der Waals surface area contributed by atoms with Gasteiger partial charge >= 0.3 is 0 Å². The second-order valence-electron chi connectivity index (χ2n) is 15.2. The zero-order chi connectivity index (χ0) is 39.6. The van der Waals surface area contributed by atoms with E-state index in [-0.39, 0.29) is 0 Å². The molecule has 60 heavy (non-hydrogen) atoms. The van der Waals surface area contributed by atoms with E-state index in [4.69, 9.17) is 18.8 Å². The van der Waals surface area contributed by atoms with Crippen molar-refractivity contribution in [2.75, 3.05) is 0 Å². The topological polar surface area (TPSA) is 52.1 Å². The number of rotatable bonds is 6. The number of hydrogen-bond donors (Lipinski definition) is 0. The van der Waals surface area contributed by atoms with Crippen LogP contribution in [0, 0.1) is 0 Å². The number of nitrogens with zero attached hydrogens (tertiary/aromatic N) is 2. The molecule has 12 aromatic rings. The molecule has 0 radical (unpaired) electrons. The summed E-state index contributed by atoms with van der Waals surface area (Å²) in [6, 6.07) is 72.1. The van der Waals surface area contributed by atoms with Crippen LogP contribution in [-0.2, 0) is 0 Å². The van der Waals surface area contributed by atoms with Crippen LogP contribution in [-0.4, -0.2) is 9.97 Å². The standard InChI is InChI=1S/C56H34N2O2/c1-2-15-35(16-3-1)39-20-6-7-21-41(39)49-33-37(40-24-12-18-36-17-4-5-19-38(36)40)31-32-46(49)56-57-50(47-27-13-25-44-42-22-8-10-29-52(42)59-54(44)47)34-51(58-56)48-28-14-26-45-43-23-9-11-30-53(43)60-55(45)48/h1-34H. The number of benzene rings is 9. The maximum atomic E-state index is 6.62. The first-order chi connectivity index (χ1) is 29.7. The average molecular weight is 767 g/mol. The Morgan fingerprint density at radius 3 is 1.47 bits per heavy atom. The summed E-state index contributed by atoms with van der Waals surface area (Å²) in [6.07, 6.45) is 0. The SMILES string of the molecule is c1ccc(-c2ccccc2-c2cc(-c3cccc4ccccc34)ccc2-c2nc(-c3cccc4c3oc3ccccc34)cc(-c3cccc4c3oc3ccccc34)n2)cc1. The van der Waals surface area contributed by atoms with E-state index in [0.717, 1.165) is 99.8 Å². The predicted octanol–water partition coefficient (Wildman–Crippen LogP) is 15.4. The highest BCUT2D eigenvalue weighted by Crippen LogP contribution is 2.44. The third-order valence-electron chi connectivity index (χ3n) is 11.7. The molecule has 0 saturated carbocycles. The highest BCUT2D eigenvalue weighted by Gasteiger charge is 2.22. The Bertz CT molecular complexity index is 3480. The summed E-state index contributed by atoms with van der Waals surface area (Å²) < 4.78 is 13.2. The minimum atomic E-state index is 0.603. The number of hydrogen-bond acceptors (Lipinski definition) is 4. The summed E-state index contributed by atoms with van der Waals surface area (Å²) in [4.78, 5) is 11.0. The van der Waals surface area contributed by atoms with E-state index >= 15 is 0 Å². The van der Waals surface area contributed by atoms with Crippen molar-refractivity contribution in [1.82, 2.24) is 9.97 Å². The summed E-state index contributed by atoms with van der Waals surface area (Å²) in [6.45, 7) is 0. The number of fused-ring (bicyclic) bond motifs is 7. The van der Waals surface area contributed by atoms with Crippen LogP contribution < -0.4 is 0 Å². The van der Waals surface area contributed by atoms with E-state index in [9.17, 15) is 0 Å². The quantitative estimate of drug-likeness (QED) is 0.169. The summed E-state index contributed by atoms with van der Waals surface area (Å²) in [7, 11) is 0. The molecule has 280 valence electrons. The van der Waals surface area contributed by atoms with Crippen LogP contribution in [0.4, 0.5) is 0 Å². The molecular formula is C56H34N2O2. The molecule has 0 aliphatic rings. The third-order valence-corrected chi connectivity index (χ3v) is 11.7. The van der Waals surface area contributed by atoms with E-state index in [1.165, 1.54) is 16.3 Å². The lowest BCUT2D eigenvalue weighted by Gasteiger charge is -2.17. The van der Waals surface area contributed by atoms with E-state index in [2.05, 4.69) is 182 Å². The van der Waals surface area contributed by atoms with Gasteiger partial charge in [-0.15, -0.1) is 0 Å². The van der Waals surface area contributed by atoms with Gasteiger partial charge in [0.15, 0.2) is 5.82 Å². The molecule has 0 aliphatic heterocycles. The predicted molar refractivity (Wildman–Crippen MR) is 247 cm³/mol. The van der Waals surface area contributed by atoms with E-state index in [0.29, 0.717) is 5.82 Å². The molecule has 0 atom stereocenters. The molecule has 0 spiro atoms. The fourth-order valence-corrected chi connectivity index (χ4v) is 8.94. The van der Waals surface area contributed by atoms with Crippen LogP contribution >= 0.6 is 0 Å². The molecule has 9 aromatic carbocycles. The fraction of sp³-hybridized carbons (Fsp3) is 0. The van der Waals surface area contributed by atoms with Gasteiger partial charge in [-0.05, 0) is 86.6 Å². The lowest BCUT2D eigenvalue weighted by Crippen LogP contribution is -1.99. The highest BCUT2D eigenvalue weighted by atomic mass is 16.3. The van der Waals surface area contributed by atoms with E-state index in [1.54, 1.807) is 0 Å². The molecular weight excluding hydrogens is 733 g/mol. The second kappa shape index (κ2) is 13.8. The van der Waals surface area contributed by atoms with Crippen LogP contribution in [0.3, 0.4) is 0 Å². The molecule has 4 heteroatoms. The molecule has 0 amide bonds. The zero-order valence-electron chi connectivity index (χ0n) is 32.3. The van der Waals surface area contributed by atoms with Gasteiger partial charge in [0.1, 0.15) is 22.3 Å². The molecule has 4 nitrogen and oxygen atoms in total. The Morgan fingerprint density at radius 2 is 0.783 bits per heavy atom. The molecule has 0 aliphatic carbocycles. The van der Waals surface area contributed by atoms with Crippen molar-refractivity contribution in [3.8, 4) is 67.3 Å². The van der Waals surface area contributed by atoms with Crippen molar-refractivity contribution in [3.63, 3.8) is 0 Å². The van der Waals surface area contributed by atoms with Crippen molar-refractivity contribution in [3.05, 3.63) is 206 Å². The first-order valence-corrected chi connectivity index (χ1v) is 20.2. The Balaban J connectivity index is 1.16. The van der Waals surface area contributed by atoms with Gasteiger partial charge in [-0.1, -0.05) is 164 Å². The number of aromatic nitrogens is 2. The number of para-hydroxylation sites is 4. The fourth-order valence-electron chi connectivity index (χ4n) is 8.94. The maximum Gasteiger partial charge on any atom is 0.161 e. The van der Waals surface area contributed by atoms with Crippen molar-refractivity contribution in [2.45, 2.75) is 0 Å². The first kappa shape index (κ1) is 34.0. The zero-order valence-corrected chi connectivity index (χ0v) is 32.3. The second-order valence-corrected chi connectivity index (χ2v) is 15.2. The Hall–Kier alpha value is -8.08. The lowest BCUT2D eigenvalue weighted by atomic mass is 9.88. The smallest absolute Gasteiger partial charge is 0.161 e. The Kier molecular flexibility index (Phi) is 7.82.